The highest BCUT2D eigenvalue weighted by molar-refractivity contribution is 9.09. The van der Waals surface area contributed by atoms with Crippen molar-refractivity contribution in [2.75, 3.05) is 25.2 Å². The Labute approximate surface area is 146 Å². The molecule has 1 heterocycles. The van der Waals surface area contributed by atoms with Crippen molar-refractivity contribution in [3.8, 4) is 0 Å². The lowest BCUT2D eigenvalue weighted by Crippen LogP contribution is -2.02. The van der Waals surface area contributed by atoms with Crippen LogP contribution in [0, 0.1) is 0 Å². The molecule has 1 saturated heterocycles. The lowest BCUT2D eigenvalue weighted by Gasteiger charge is -2.04. The van der Waals surface area contributed by atoms with E-state index in [2.05, 4.69) is 15.9 Å². The summed E-state index contributed by atoms with van der Waals surface area (Å²) < 4.78 is 10.7. The summed E-state index contributed by atoms with van der Waals surface area (Å²) in [6.07, 6.45) is 20.1. The number of halogens is 1. The van der Waals surface area contributed by atoms with E-state index in [0.29, 0.717) is 6.10 Å². The Morgan fingerprint density at radius 3 is 1.50 bits per heavy atom. The third kappa shape index (κ3) is 15.3. The topological polar surface area (TPSA) is 21.8 Å². The van der Waals surface area contributed by atoms with E-state index >= 15 is 0 Å². The summed E-state index contributed by atoms with van der Waals surface area (Å²) in [5, 5.41) is 1.18. The van der Waals surface area contributed by atoms with Crippen LogP contribution in [-0.4, -0.2) is 31.3 Å². The van der Waals surface area contributed by atoms with Crippen molar-refractivity contribution in [2.24, 2.45) is 0 Å². The molecule has 22 heavy (non-hydrogen) atoms. The summed E-state index contributed by atoms with van der Waals surface area (Å²) in [6, 6.07) is 0. The van der Waals surface area contributed by atoms with Gasteiger partial charge in [0.25, 0.3) is 0 Å². The minimum atomic E-state index is 0.425. The first kappa shape index (κ1) is 20.4. The lowest BCUT2D eigenvalue weighted by atomic mass is 10.0. The molecule has 132 valence electrons. The molecule has 0 radical (unpaired) electrons. The standard InChI is InChI=1S/C19H37BrO2/c20-15-13-11-9-7-5-3-1-2-4-6-8-10-12-14-16-21-17-19-18-22-19/h19H,1-18H2. The molecule has 1 unspecified atom stereocenters. The van der Waals surface area contributed by atoms with Crippen molar-refractivity contribution in [3.05, 3.63) is 0 Å². The number of hydrogen-bond donors (Lipinski definition) is 0. The van der Waals surface area contributed by atoms with Gasteiger partial charge in [-0.2, -0.15) is 0 Å². The summed E-state index contributed by atoms with van der Waals surface area (Å²) in [7, 11) is 0. The van der Waals surface area contributed by atoms with E-state index < -0.39 is 0 Å². The van der Waals surface area contributed by atoms with Gasteiger partial charge in [-0.1, -0.05) is 93.0 Å². The predicted octanol–water partition coefficient (Wildman–Crippen LogP) is 6.26. The largest absolute Gasteiger partial charge is 0.379 e. The van der Waals surface area contributed by atoms with Crippen LogP contribution >= 0.6 is 15.9 Å². The van der Waals surface area contributed by atoms with Gasteiger partial charge in [0, 0.05) is 11.9 Å². The van der Waals surface area contributed by atoms with Crippen molar-refractivity contribution in [1.29, 1.82) is 0 Å². The summed E-state index contributed by atoms with van der Waals surface area (Å²) in [4.78, 5) is 0. The zero-order chi connectivity index (χ0) is 15.7. The van der Waals surface area contributed by atoms with Gasteiger partial charge in [-0.05, 0) is 12.8 Å². The van der Waals surface area contributed by atoms with Crippen LogP contribution < -0.4 is 0 Å². The van der Waals surface area contributed by atoms with Gasteiger partial charge in [-0.3, -0.25) is 0 Å². The fourth-order valence-electron chi connectivity index (χ4n) is 2.80. The molecule has 0 aliphatic carbocycles. The van der Waals surface area contributed by atoms with Gasteiger partial charge in [-0.25, -0.2) is 0 Å². The zero-order valence-corrected chi connectivity index (χ0v) is 16.1. The maximum Gasteiger partial charge on any atom is 0.104 e. The Morgan fingerprint density at radius 2 is 1.09 bits per heavy atom. The number of unbranched alkanes of at least 4 members (excludes halogenated alkanes) is 13. The molecule has 2 nitrogen and oxygen atoms in total. The Kier molecular flexibility index (Phi) is 15.1. The molecule has 0 amide bonds. The van der Waals surface area contributed by atoms with Crippen molar-refractivity contribution < 1.29 is 9.47 Å². The van der Waals surface area contributed by atoms with Gasteiger partial charge in [-0.15, -0.1) is 0 Å². The van der Waals surface area contributed by atoms with Gasteiger partial charge in [0.15, 0.2) is 0 Å². The molecule has 1 atom stereocenters. The molecule has 1 rings (SSSR count). The number of epoxide rings is 1. The molecule has 1 aliphatic heterocycles. The Balaban J connectivity index is 1.59. The first-order chi connectivity index (χ1) is 10.9. The van der Waals surface area contributed by atoms with Gasteiger partial charge in [0.2, 0.25) is 0 Å². The number of alkyl halides is 1. The number of hydrogen-bond acceptors (Lipinski definition) is 2. The number of ether oxygens (including phenoxy) is 2. The van der Waals surface area contributed by atoms with Gasteiger partial charge >= 0.3 is 0 Å². The van der Waals surface area contributed by atoms with E-state index in [-0.39, 0.29) is 0 Å². The fraction of sp³-hybridized carbons (Fsp3) is 1.00. The quantitative estimate of drug-likeness (QED) is 0.160. The highest BCUT2D eigenvalue weighted by Crippen LogP contribution is 2.13. The van der Waals surface area contributed by atoms with Crippen LogP contribution in [0.1, 0.15) is 89.9 Å². The predicted molar refractivity (Wildman–Crippen MR) is 99.0 cm³/mol. The van der Waals surface area contributed by atoms with Crippen LogP contribution in [-0.2, 0) is 9.47 Å². The molecule has 0 saturated carbocycles. The van der Waals surface area contributed by atoms with Gasteiger partial charge < -0.3 is 9.47 Å². The van der Waals surface area contributed by atoms with Crippen molar-refractivity contribution >= 4 is 15.9 Å². The molecular weight excluding hydrogens is 340 g/mol. The smallest absolute Gasteiger partial charge is 0.104 e. The van der Waals surface area contributed by atoms with E-state index in [1.54, 1.807) is 0 Å². The molecule has 0 spiro atoms. The second-order valence-electron chi connectivity index (χ2n) is 6.67. The van der Waals surface area contributed by atoms with Gasteiger partial charge in [0.1, 0.15) is 6.10 Å². The minimum absolute atomic E-state index is 0.425. The van der Waals surface area contributed by atoms with E-state index in [9.17, 15) is 0 Å². The van der Waals surface area contributed by atoms with Crippen LogP contribution in [0.5, 0.6) is 0 Å². The van der Waals surface area contributed by atoms with Crippen molar-refractivity contribution in [1.82, 2.24) is 0 Å². The molecule has 3 heteroatoms. The highest BCUT2D eigenvalue weighted by Gasteiger charge is 2.21. The van der Waals surface area contributed by atoms with Crippen molar-refractivity contribution in [2.45, 2.75) is 96.0 Å². The zero-order valence-electron chi connectivity index (χ0n) is 14.5. The maximum absolute atomic E-state index is 5.54. The van der Waals surface area contributed by atoms with E-state index in [4.69, 9.17) is 9.47 Å². The molecule has 0 aromatic heterocycles. The lowest BCUT2D eigenvalue weighted by molar-refractivity contribution is 0.113. The molecule has 1 aliphatic rings. The average molecular weight is 377 g/mol. The Hall–Kier alpha value is 0.400. The third-order valence-electron chi connectivity index (χ3n) is 4.38. The van der Waals surface area contributed by atoms with Crippen LogP contribution in [0.2, 0.25) is 0 Å². The van der Waals surface area contributed by atoms with Crippen LogP contribution in [0.25, 0.3) is 0 Å². The molecule has 0 N–H and O–H groups in total. The second kappa shape index (κ2) is 16.3. The van der Waals surface area contributed by atoms with Crippen LogP contribution in [0.3, 0.4) is 0 Å². The summed E-state index contributed by atoms with van der Waals surface area (Å²) in [5.41, 5.74) is 0. The minimum Gasteiger partial charge on any atom is -0.379 e. The highest BCUT2D eigenvalue weighted by atomic mass is 79.9. The van der Waals surface area contributed by atoms with E-state index in [1.807, 2.05) is 0 Å². The molecule has 1 fully saturated rings. The van der Waals surface area contributed by atoms with Gasteiger partial charge in [0.05, 0.1) is 13.2 Å². The fourth-order valence-corrected chi connectivity index (χ4v) is 3.20. The first-order valence-electron chi connectivity index (χ1n) is 9.69. The molecule has 0 aromatic carbocycles. The monoisotopic (exact) mass is 376 g/mol. The second-order valence-corrected chi connectivity index (χ2v) is 7.46. The van der Waals surface area contributed by atoms with Crippen LogP contribution in [0.15, 0.2) is 0 Å². The molecule has 0 aromatic rings. The van der Waals surface area contributed by atoms with E-state index in [0.717, 1.165) is 19.8 Å². The third-order valence-corrected chi connectivity index (χ3v) is 4.94. The Morgan fingerprint density at radius 1 is 0.682 bits per heavy atom. The number of rotatable bonds is 18. The van der Waals surface area contributed by atoms with E-state index in [1.165, 1.54) is 95.2 Å². The first-order valence-corrected chi connectivity index (χ1v) is 10.8. The maximum atomic E-state index is 5.54. The normalized spacial score (nSPS) is 17.0. The Bertz CT molecular complexity index is 219. The SMILES string of the molecule is BrCCCCCCCCCCCCCCCCOCC1CO1. The summed E-state index contributed by atoms with van der Waals surface area (Å²) in [5.74, 6) is 0. The molecule has 0 bridgehead atoms. The molecular formula is C19H37BrO2. The average Bonchev–Trinajstić information content (AvgIpc) is 3.34. The van der Waals surface area contributed by atoms with Crippen molar-refractivity contribution in [3.63, 3.8) is 0 Å². The van der Waals surface area contributed by atoms with Crippen LogP contribution in [0.4, 0.5) is 0 Å². The summed E-state index contributed by atoms with van der Waals surface area (Å²) >= 11 is 3.49. The summed E-state index contributed by atoms with van der Waals surface area (Å²) in [6.45, 7) is 2.66.